The summed E-state index contributed by atoms with van der Waals surface area (Å²) in [6.07, 6.45) is 7.77. The summed E-state index contributed by atoms with van der Waals surface area (Å²) in [5.74, 6) is 1.56. The standard InChI is InChI=1S/C16H26N2O2/c1-13(2)20-14-7-6-10-17-15(14)18-11-16(12-19)8-4-3-5-9-16/h6-7,10,13,19H,3-5,8-9,11-12H2,1-2H3,(H,17,18). The zero-order valence-electron chi connectivity index (χ0n) is 12.6. The Kier molecular flexibility index (Phi) is 5.24. The molecule has 0 unspecified atom stereocenters. The molecule has 20 heavy (non-hydrogen) atoms. The van der Waals surface area contributed by atoms with Gasteiger partial charge >= 0.3 is 0 Å². The number of nitrogens with zero attached hydrogens (tertiary/aromatic N) is 1. The van der Waals surface area contributed by atoms with E-state index in [4.69, 9.17) is 4.74 Å². The van der Waals surface area contributed by atoms with Gasteiger partial charge in [-0.1, -0.05) is 19.3 Å². The fourth-order valence-electron chi connectivity index (χ4n) is 2.84. The molecular formula is C16H26N2O2. The summed E-state index contributed by atoms with van der Waals surface area (Å²) in [7, 11) is 0. The van der Waals surface area contributed by atoms with Crippen molar-refractivity contribution in [2.45, 2.75) is 52.1 Å². The molecule has 0 aromatic carbocycles. The van der Waals surface area contributed by atoms with Gasteiger partial charge in [-0.15, -0.1) is 0 Å². The number of nitrogens with one attached hydrogen (secondary N) is 1. The van der Waals surface area contributed by atoms with E-state index in [1.165, 1.54) is 19.3 Å². The largest absolute Gasteiger partial charge is 0.487 e. The fraction of sp³-hybridized carbons (Fsp3) is 0.688. The molecule has 4 heteroatoms. The van der Waals surface area contributed by atoms with Crippen LogP contribution in [-0.2, 0) is 0 Å². The normalized spacial score (nSPS) is 18.0. The number of ether oxygens (including phenoxy) is 1. The number of rotatable bonds is 6. The minimum atomic E-state index is 0.00483. The lowest BCUT2D eigenvalue weighted by Crippen LogP contribution is -2.35. The monoisotopic (exact) mass is 278 g/mol. The molecule has 4 nitrogen and oxygen atoms in total. The van der Waals surface area contributed by atoms with Crippen LogP contribution in [0.5, 0.6) is 5.75 Å². The van der Waals surface area contributed by atoms with E-state index in [2.05, 4.69) is 10.3 Å². The van der Waals surface area contributed by atoms with Gasteiger partial charge in [0.15, 0.2) is 11.6 Å². The van der Waals surface area contributed by atoms with Crippen LogP contribution in [0, 0.1) is 5.41 Å². The first kappa shape index (κ1) is 15.1. The summed E-state index contributed by atoms with van der Waals surface area (Å²) < 4.78 is 5.76. The molecule has 1 fully saturated rings. The van der Waals surface area contributed by atoms with Crippen molar-refractivity contribution in [3.63, 3.8) is 0 Å². The molecule has 112 valence electrons. The van der Waals surface area contributed by atoms with Gasteiger partial charge in [0.05, 0.1) is 12.7 Å². The number of anilines is 1. The minimum absolute atomic E-state index is 0.00483. The number of hydrogen-bond acceptors (Lipinski definition) is 4. The Morgan fingerprint density at radius 2 is 2.10 bits per heavy atom. The maximum atomic E-state index is 9.74. The lowest BCUT2D eigenvalue weighted by molar-refractivity contribution is 0.0942. The van der Waals surface area contributed by atoms with Crippen molar-refractivity contribution in [2.75, 3.05) is 18.5 Å². The molecule has 0 amide bonds. The number of pyridine rings is 1. The Balaban J connectivity index is 2.02. The van der Waals surface area contributed by atoms with Crippen LogP contribution in [-0.4, -0.2) is 29.3 Å². The summed E-state index contributed by atoms with van der Waals surface area (Å²) in [5, 5.41) is 13.1. The predicted octanol–water partition coefficient (Wildman–Crippen LogP) is 3.22. The Morgan fingerprint density at radius 1 is 1.35 bits per heavy atom. The van der Waals surface area contributed by atoms with Crippen molar-refractivity contribution < 1.29 is 9.84 Å². The van der Waals surface area contributed by atoms with Crippen molar-refractivity contribution in [1.82, 2.24) is 4.98 Å². The molecule has 1 aromatic heterocycles. The zero-order valence-corrected chi connectivity index (χ0v) is 12.6. The molecule has 1 aromatic rings. The molecule has 0 aliphatic heterocycles. The first-order valence-electron chi connectivity index (χ1n) is 7.62. The van der Waals surface area contributed by atoms with Gasteiger partial charge in [-0.25, -0.2) is 4.98 Å². The molecule has 0 saturated heterocycles. The Morgan fingerprint density at radius 3 is 2.75 bits per heavy atom. The lowest BCUT2D eigenvalue weighted by Gasteiger charge is -2.36. The maximum Gasteiger partial charge on any atom is 0.168 e. The van der Waals surface area contributed by atoms with Crippen molar-refractivity contribution in [2.24, 2.45) is 5.41 Å². The van der Waals surface area contributed by atoms with E-state index in [0.29, 0.717) is 0 Å². The van der Waals surface area contributed by atoms with Gasteiger partial charge in [0.2, 0.25) is 0 Å². The topological polar surface area (TPSA) is 54.4 Å². The van der Waals surface area contributed by atoms with Crippen molar-refractivity contribution >= 4 is 5.82 Å². The maximum absolute atomic E-state index is 9.74. The number of aliphatic hydroxyl groups excluding tert-OH is 1. The summed E-state index contributed by atoms with van der Waals surface area (Å²) >= 11 is 0. The second kappa shape index (κ2) is 6.93. The van der Waals surface area contributed by atoms with E-state index in [1.54, 1.807) is 6.20 Å². The van der Waals surface area contributed by atoms with Crippen molar-refractivity contribution in [3.8, 4) is 5.75 Å². The third kappa shape index (κ3) is 3.85. The van der Waals surface area contributed by atoms with Crippen LogP contribution >= 0.6 is 0 Å². The highest BCUT2D eigenvalue weighted by molar-refractivity contribution is 5.49. The number of hydrogen-bond donors (Lipinski definition) is 2. The van der Waals surface area contributed by atoms with E-state index < -0.39 is 0 Å². The average Bonchev–Trinajstić information content (AvgIpc) is 2.47. The van der Waals surface area contributed by atoms with Crippen LogP contribution < -0.4 is 10.1 Å². The van der Waals surface area contributed by atoms with Crippen LogP contribution in [0.4, 0.5) is 5.82 Å². The summed E-state index contributed by atoms with van der Waals surface area (Å²) in [6.45, 7) is 5.02. The minimum Gasteiger partial charge on any atom is -0.487 e. The Hall–Kier alpha value is -1.29. The smallest absolute Gasteiger partial charge is 0.168 e. The van der Waals surface area contributed by atoms with E-state index >= 15 is 0 Å². The van der Waals surface area contributed by atoms with Crippen LogP contribution in [0.3, 0.4) is 0 Å². The third-order valence-electron chi connectivity index (χ3n) is 4.01. The second-order valence-corrected chi connectivity index (χ2v) is 6.09. The van der Waals surface area contributed by atoms with Crippen LogP contribution in [0.1, 0.15) is 46.0 Å². The summed E-state index contributed by atoms with van der Waals surface area (Å²) in [6, 6.07) is 3.81. The van der Waals surface area contributed by atoms with Gasteiger partial charge < -0.3 is 15.2 Å². The first-order valence-corrected chi connectivity index (χ1v) is 7.62. The molecule has 1 heterocycles. The van der Waals surface area contributed by atoms with Gasteiger partial charge in [-0.2, -0.15) is 0 Å². The highest BCUT2D eigenvalue weighted by Gasteiger charge is 2.31. The molecule has 1 saturated carbocycles. The highest BCUT2D eigenvalue weighted by atomic mass is 16.5. The zero-order chi connectivity index (χ0) is 14.4. The Labute approximate surface area is 121 Å². The van der Waals surface area contributed by atoms with Gasteiger partial charge in [-0.05, 0) is 38.8 Å². The van der Waals surface area contributed by atoms with Gasteiger partial charge in [0, 0.05) is 18.2 Å². The van der Waals surface area contributed by atoms with Gasteiger partial charge in [0.25, 0.3) is 0 Å². The van der Waals surface area contributed by atoms with E-state index in [0.717, 1.165) is 31.0 Å². The fourth-order valence-corrected chi connectivity index (χ4v) is 2.84. The summed E-state index contributed by atoms with van der Waals surface area (Å²) in [5.41, 5.74) is 0.00483. The average molecular weight is 278 g/mol. The van der Waals surface area contributed by atoms with Crippen LogP contribution in [0.15, 0.2) is 18.3 Å². The molecule has 0 radical (unpaired) electrons. The van der Waals surface area contributed by atoms with E-state index in [-0.39, 0.29) is 18.1 Å². The number of aromatic nitrogens is 1. The quantitative estimate of drug-likeness (QED) is 0.839. The van der Waals surface area contributed by atoms with E-state index in [1.807, 2.05) is 26.0 Å². The molecule has 2 N–H and O–H groups in total. The van der Waals surface area contributed by atoms with Gasteiger partial charge in [0.1, 0.15) is 0 Å². The summed E-state index contributed by atoms with van der Waals surface area (Å²) in [4.78, 5) is 4.36. The molecule has 1 aliphatic rings. The molecule has 0 spiro atoms. The number of aliphatic hydroxyl groups is 1. The molecular weight excluding hydrogens is 252 g/mol. The van der Waals surface area contributed by atoms with Crippen LogP contribution in [0.25, 0.3) is 0 Å². The highest BCUT2D eigenvalue weighted by Crippen LogP contribution is 2.36. The third-order valence-corrected chi connectivity index (χ3v) is 4.01. The Bertz CT molecular complexity index is 415. The molecule has 1 aliphatic carbocycles. The SMILES string of the molecule is CC(C)Oc1cccnc1NCC1(CO)CCCCC1. The van der Waals surface area contributed by atoms with Crippen molar-refractivity contribution in [1.29, 1.82) is 0 Å². The first-order chi connectivity index (χ1) is 9.65. The molecule has 2 rings (SSSR count). The van der Waals surface area contributed by atoms with Crippen LogP contribution in [0.2, 0.25) is 0 Å². The molecule has 0 atom stereocenters. The molecule has 0 bridgehead atoms. The van der Waals surface area contributed by atoms with Crippen molar-refractivity contribution in [3.05, 3.63) is 18.3 Å². The van der Waals surface area contributed by atoms with Gasteiger partial charge in [-0.3, -0.25) is 0 Å². The second-order valence-electron chi connectivity index (χ2n) is 6.09. The predicted molar refractivity (Wildman–Crippen MR) is 81.1 cm³/mol. The van der Waals surface area contributed by atoms with E-state index in [9.17, 15) is 5.11 Å². The lowest BCUT2D eigenvalue weighted by atomic mass is 9.74.